The number of carboxylic acids is 1. The number of anilines is 3. The Balaban J connectivity index is 1.92. The van der Waals surface area contributed by atoms with Crippen LogP contribution < -0.4 is 11.1 Å². The van der Waals surface area contributed by atoms with Crippen molar-refractivity contribution in [2.75, 3.05) is 11.1 Å². The number of pyridine rings is 1. The summed E-state index contributed by atoms with van der Waals surface area (Å²) in [6, 6.07) is 14.5. The average Bonchev–Trinajstić information content (AvgIpc) is 3.04. The molecule has 0 spiro atoms. The second-order valence-corrected chi connectivity index (χ2v) is 6.33. The molecule has 118 valence electrons. The van der Waals surface area contributed by atoms with Crippen LogP contribution in [0, 0.1) is 0 Å². The summed E-state index contributed by atoms with van der Waals surface area (Å²) in [4.78, 5) is 15.9. The zero-order chi connectivity index (χ0) is 16.7. The topological polar surface area (TPSA) is 88.2 Å². The Kier molecular flexibility index (Phi) is 3.32. The quantitative estimate of drug-likeness (QED) is 0.481. The number of carbonyl (C=O) groups is 1. The molecule has 0 aliphatic rings. The third-order valence-electron chi connectivity index (χ3n) is 3.79. The van der Waals surface area contributed by atoms with Crippen molar-refractivity contribution >= 4 is 55.5 Å². The number of fused-ring (bicyclic) bond motifs is 3. The largest absolute Gasteiger partial charge is 0.478 e. The van der Waals surface area contributed by atoms with Crippen molar-refractivity contribution in [1.29, 1.82) is 0 Å². The second-order valence-electron chi connectivity index (χ2n) is 5.41. The zero-order valence-electron chi connectivity index (χ0n) is 12.5. The first-order chi connectivity index (χ1) is 11.6. The molecule has 0 atom stereocenters. The van der Waals surface area contributed by atoms with Crippen molar-refractivity contribution in [2.45, 2.75) is 0 Å². The Morgan fingerprint density at radius 2 is 2.00 bits per heavy atom. The standard InChI is InChI=1S/C18H13N3O2S/c19-11-2-1-3-12(9-11)20-17-14-6-7-24-16(14)13-5-4-10(18(22)23)8-15(13)21-17/h1-9H,19H2,(H,20,21)(H,22,23). The van der Waals surface area contributed by atoms with Gasteiger partial charge in [-0.3, -0.25) is 0 Å². The number of nitrogen functional groups attached to an aromatic ring is 1. The SMILES string of the molecule is Nc1cccc(Nc2nc3cc(C(=O)O)ccc3c3sccc23)c1. The lowest BCUT2D eigenvalue weighted by atomic mass is 10.1. The fourth-order valence-electron chi connectivity index (χ4n) is 2.68. The van der Waals surface area contributed by atoms with E-state index in [9.17, 15) is 9.90 Å². The number of aromatic nitrogens is 1. The number of carboxylic acid groups (broad SMARTS) is 1. The minimum atomic E-state index is -0.963. The van der Waals surface area contributed by atoms with Crippen molar-refractivity contribution in [1.82, 2.24) is 4.98 Å². The summed E-state index contributed by atoms with van der Waals surface area (Å²) >= 11 is 1.61. The Hall–Kier alpha value is -3.12. The molecule has 0 fully saturated rings. The van der Waals surface area contributed by atoms with Crippen LogP contribution >= 0.6 is 11.3 Å². The van der Waals surface area contributed by atoms with Gasteiger partial charge in [-0.05, 0) is 41.8 Å². The third-order valence-corrected chi connectivity index (χ3v) is 4.74. The summed E-state index contributed by atoms with van der Waals surface area (Å²) in [6.45, 7) is 0. The van der Waals surface area contributed by atoms with Gasteiger partial charge in [0.25, 0.3) is 0 Å². The summed E-state index contributed by atoms with van der Waals surface area (Å²) in [7, 11) is 0. The lowest BCUT2D eigenvalue weighted by Crippen LogP contribution is -1.98. The highest BCUT2D eigenvalue weighted by molar-refractivity contribution is 7.18. The van der Waals surface area contributed by atoms with E-state index in [0.717, 1.165) is 21.2 Å². The maximum Gasteiger partial charge on any atom is 0.335 e. The Labute approximate surface area is 141 Å². The third kappa shape index (κ3) is 2.43. The number of hydrogen-bond acceptors (Lipinski definition) is 5. The van der Waals surface area contributed by atoms with E-state index < -0.39 is 5.97 Å². The van der Waals surface area contributed by atoms with Crippen molar-refractivity contribution in [3.8, 4) is 0 Å². The number of nitrogens with zero attached hydrogens (tertiary/aromatic N) is 1. The van der Waals surface area contributed by atoms with Crippen LogP contribution in [-0.2, 0) is 0 Å². The number of nitrogens with one attached hydrogen (secondary N) is 1. The number of nitrogens with two attached hydrogens (primary N) is 1. The number of thiophene rings is 1. The Morgan fingerprint density at radius 1 is 1.12 bits per heavy atom. The second kappa shape index (κ2) is 5.50. The molecular weight excluding hydrogens is 322 g/mol. The van der Waals surface area contributed by atoms with E-state index in [-0.39, 0.29) is 5.56 Å². The molecule has 0 saturated carbocycles. The summed E-state index contributed by atoms with van der Waals surface area (Å²) in [5.74, 6) is -0.276. The molecule has 4 N–H and O–H groups in total. The van der Waals surface area contributed by atoms with E-state index in [4.69, 9.17) is 5.73 Å². The summed E-state index contributed by atoms with van der Waals surface area (Å²) in [6.07, 6.45) is 0. The molecule has 0 amide bonds. The molecule has 0 saturated heterocycles. The van der Waals surface area contributed by atoms with Crippen LogP contribution in [0.15, 0.2) is 53.9 Å². The van der Waals surface area contributed by atoms with Crippen molar-refractivity contribution in [3.05, 3.63) is 59.5 Å². The molecule has 2 heterocycles. The monoisotopic (exact) mass is 335 g/mol. The van der Waals surface area contributed by atoms with Gasteiger partial charge in [0, 0.05) is 26.8 Å². The molecule has 0 unspecified atom stereocenters. The van der Waals surface area contributed by atoms with Gasteiger partial charge in [-0.2, -0.15) is 0 Å². The highest BCUT2D eigenvalue weighted by Gasteiger charge is 2.12. The van der Waals surface area contributed by atoms with Crippen LogP contribution in [-0.4, -0.2) is 16.1 Å². The van der Waals surface area contributed by atoms with Crippen LogP contribution in [0.25, 0.3) is 21.0 Å². The molecule has 4 aromatic rings. The molecule has 0 radical (unpaired) electrons. The lowest BCUT2D eigenvalue weighted by molar-refractivity contribution is 0.0697. The molecule has 2 aromatic carbocycles. The van der Waals surface area contributed by atoms with Gasteiger partial charge in [0.1, 0.15) is 5.82 Å². The minimum Gasteiger partial charge on any atom is -0.478 e. The maximum atomic E-state index is 11.2. The van der Waals surface area contributed by atoms with Gasteiger partial charge in [0.2, 0.25) is 0 Å². The average molecular weight is 335 g/mol. The van der Waals surface area contributed by atoms with Crippen molar-refractivity contribution in [3.63, 3.8) is 0 Å². The molecule has 6 heteroatoms. The van der Waals surface area contributed by atoms with Crippen LogP contribution in [0.4, 0.5) is 17.2 Å². The van der Waals surface area contributed by atoms with Gasteiger partial charge < -0.3 is 16.2 Å². The fourth-order valence-corrected chi connectivity index (χ4v) is 3.61. The van der Waals surface area contributed by atoms with Gasteiger partial charge in [-0.25, -0.2) is 9.78 Å². The number of benzene rings is 2. The Bertz CT molecular complexity index is 1090. The Morgan fingerprint density at radius 3 is 2.79 bits per heavy atom. The van der Waals surface area contributed by atoms with E-state index in [1.165, 1.54) is 0 Å². The first-order valence-corrected chi connectivity index (χ1v) is 8.16. The molecular formula is C18H13N3O2S. The first-order valence-electron chi connectivity index (χ1n) is 7.28. The van der Waals surface area contributed by atoms with E-state index in [0.29, 0.717) is 17.0 Å². The number of aromatic carboxylic acids is 1. The number of hydrogen-bond donors (Lipinski definition) is 3. The van der Waals surface area contributed by atoms with Crippen LogP contribution in [0.2, 0.25) is 0 Å². The molecule has 4 rings (SSSR count). The zero-order valence-corrected chi connectivity index (χ0v) is 13.3. The minimum absolute atomic E-state index is 0.223. The van der Waals surface area contributed by atoms with Gasteiger partial charge in [-0.15, -0.1) is 11.3 Å². The summed E-state index contributed by atoms with van der Waals surface area (Å²) in [5, 5.41) is 16.4. The van der Waals surface area contributed by atoms with E-state index in [1.807, 2.05) is 41.8 Å². The van der Waals surface area contributed by atoms with Crippen LogP contribution in [0.5, 0.6) is 0 Å². The predicted molar refractivity (Wildman–Crippen MR) is 98.2 cm³/mol. The van der Waals surface area contributed by atoms with Gasteiger partial charge >= 0.3 is 5.97 Å². The summed E-state index contributed by atoms with van der Waals surface area (Å²) < 4.78 is 1.07. The molecule has 0 aliphatic heterocycles. The lowest BCUT2D eigenvalue weighted by Gasteiger charge is -2.10. The first kappa shape index (κ1) is 14.5. The molecule has 0 bridgehead atoms. The van der Waals surface area contributed by atoms with Gasteiger partial charge in [0.05, 0.1) is 11.1 Å². The van der Waals surface area contributed by atoms with E-state index >= 15 is 0 Å². The van der Waals surface area contributed by atoms with Gasteiger partial charge in [-0.1, -0.05) is 12.1 Å². The van der Waals surface area contributed by atoms with Crippen LogP contribution in [0.3, 0.4) is 0 Å². The highest BCUT2D eigenvalue weighted by Crippen LogP contribution is 2.35. The maximum absolute atomic E-state index is 11.2. The van der Waals surface area contributed by atoms with Crippen molar-refractivity contribution in [2.24, 2.45) is 0 Å². The number of rotatable bonds is 3. The smallest absolute Gasteiger partial charge is 0.335 e. The molecule has 2 aromatic heterocycles. The van der Waals surface area contributed by atoms with Gasteiger partial charge in [0.15, 0.2) is 0 Å². The van der Waals surface area contributed by atoms with Crippen molar-refractivity contribution < 1.29 is 9.90 Å². The van der Waals surface area contributed by atoms with Crippen LogP contribution in [0.1, 0.15) is 10.4 Å². The molecule has 5 nitrogen and oxygen atoms in total. The summed E-state index contributed by atoms with van der Waals surface area (Å²) in [5.41, 5.74) is 8.20. The predicted octanol–water partition coefficient (Wildman–Crippen LogP) is 4.47. The highest BCUT2D eigenvalue weighted by atomic mass is 32.1. The normalized spacial score (nSPS) is 11.0. The van der Waals surface area contributed by atoms with E-state index in [1.54, 1.807) is 23.5 Å². The van der Waals surface area contributed by atoms with E-state index in [2.05, 4.69) is 10.3 Å². The fraction of sp³-hybridized carbons (Fsp3) is 0. The molecule has 0 aliphatic carbocycles. The molecule has 24 heavy (non-hydrogen) atoms.